The summed E-state index contributed by atoms with van der Waals surface area (Å²) in [4.78, 5) is 0. The average Bonchev–Trinajstić information content (AvgIpc) is 2.29. The highest BCUT2D eigenvalue weighted by Crippen LogP contribution is 2.25. The van der Waals surface area contributed by atoms with Crippen LogP contribution in [-0.4, -0.2) is 0 Å². The number of hydrogen-bond acceptors (Lipinski definition) is 1. The predicted octanol–water partition coefficient (Wildman–Crippen LogP) is 3.60. The fraction of sp³-hybridized carbons (Fsp3) is 0.0769. The molecule has 0 aromatic heterocycles. The molecule has 82 valence electrons. The summed E-state index contributed by atoms with van der Waals surface area (Å²) in [5.74, 6) is -0.318. The Bertz CT molecular complexity index is 511. The van der Waals surface area contributed by atoms with Gasteiger partial charge in [-0.15, -0.1) is 0 Å². The number of nitrogens with two attached hydrogens (primary N) is 1. The number of hydrogen-bond donors (Lipinski definition) is 1. The van der Waals surface area contributed by atoms with Crippen LogP contribution in [0.2, 0.25) is 5.02 Å². The molecule has 2 rings (SSSR count). The first-order chi connectivity index (χ1) is 7.70. The molecule has 0 saturated carbocycles. The van der Waals surface area contributed by atoms with Gasteiger partial charge in [-0.3, -0.25) is 0 Å². The summed E-state index contributed by atoms with van der Waals surface area (Å²) in [5, 5.41) is 0.399. The molecule has 0 aliphatic carbocycles. The lowest BCUT2D eigenvalue weighted by molar-refractivity contribution is 0.631. The van der Waals surface area contributed by atoms with E-state index in [0.717, 1.165) is 11.1 Å². The molecule has 0 heterocycles. The van der Waals surface area contributed by atoms with E-state index >= 15 is 0 Å². The van der Waals surface area contributed by atoms with Gasteiger partial charge in [0.1, 0.15) is 5.82 Å². The molecule has 0 atom stereocenters. The van der Waals surface area contributed by atoms with Crippen molar-refractivity contribution in [1.29, 1.82) is 0 Å². The van der Waals surface area contributed by atoms with E-state index in [2.05, 4.69) is 0 Å². The fourth-order valence-electron chi connectivity index (χ4n) is 1.59. The van der Waals surface area contributed by atoms with Crippen molar-refractivity contribution in [3.05, 3.63) is 58.9 Å². The summed E-state index contributed by atoms with van der Waals surface area (Å²) in [5.41, 5.74) is 7.88. The molecule has 0 spiro atoms. The highest BCUT2D eigenvalue weighted by molar-refractivity contribution is 6.30. The first-order valence-corrected chi connectivity index (χ1v) is 5.33. The highest BCUT2D eigenvalue weighted by atomic mass is 35.5. The molecule has 2 aromatic rings. The molecule has 0 bridgehead atoms. The van der Waals surface area contributed by atoms with Gasteiger partial charge in [0.05, 0.1) is 0 Å². The third-order valence-corrected chi connectivity index (χ3v) is 2.64. The van der Waals surface area contributed by atoms with Gasteiger partial charge < -0.3 is 5.73 Å². The van der Waals surface area contributed by atoms with Crippen LogP contribution in [0.15, 0.2) is 42.5 Å². The number of halogens is 2. The van der Waals surface area contributed by atoms with Crippen LogP contribution in [0.1, 0.15) is 5.56 Å². The molecule has 2 N–H and O–H groups in total. The standard InChI is InChI=1S/C13H11ClFN/c14-11-4-5-12(13(15)7-11)10-3-1-2-9(6-10)8-16/h1-7H,8,16H2. The largest absolute Gasteiger partial charge is 0.326 e. The molecule has 0 aliphatic rings. The molecule has 16 heavy (non-hydrogen) atoms. The minimum Gasteiger partial charge on any atom is -0.326 e. The van der Waals surface area contributed by atoms with Crippen LogP contribution in [0, 0.1) is 5.82 Å². The van der Waals surface area contributed by atoms with Crippen LogP contribution in [0.5, 0.6) is 0 Å². The van der Waals surface area contributed by atoms with E-state index < -0.39 is 0 Å². The van der Waals surface area contributed by atoms with Gasteiger partial charge in [0.25, 0.3) is 0 Å². The van der Waals surface area contributed by atoms with Crippen LogP contribution >= 0.6 is 11.6 Å². The van der Waals surface area contributed by atoms with Crippen molar-refractivity contribution in [1.82, 2.24) is 0 Å². The van der Waals surface area contributed by atoms with Crippen molar-refractivity contribution in [2.75, 3.05) is 0 Å². The molecule has 0 fully saturated rings. The van der Waals surface area contributed by atoms with E-state index in [-0.39, 0.29) is 5.82 Å². The summed E-state index contributed by atoms with van der Waals surface area (Å²) in [6.07, 6.45) is 0. The lowest BCUT2D eigenvalue weighted by Gasteiger charge is -2.05. The first-order valence-electron chi connectivity index (χ1n) is 4.95. The van der Waals surface area contributed by atoms with Gasteiger partial charge in [0.2, 0.25) is 0 Å². The molecule has 0 radical (unpaired) electrons. The molecule has 0 unspecified atom stereocenters. The molecule has 3 heteroatoms. The van der Waals surface area contributed by atoms with Crippen LogP contribution in [0.3, 0.4) is 0 Å². The second kappa shape index (κ2) is 4.64. The topological polar surface area (TPSA) is 26.0 Å². The lowest BCUT2D eigenvalue weighted by atomic mass is 10.0. The van der Waals surface area contributed by atoms with Crippen molar-refractivity contribution in [2.24, 2.45) is 5.73 Å². The minimum absolute atomic E-state index is 0.318. The molecule has 0 amide bonds. The van der Waals surface area contributed by atoms with Crippen LogP contribution < -0.4 is 5.73 Å². The SMILES string of the molecule is NCc1cccc(-c2ccc(Cl)cc2F)c1. The van der Waals surface area contributed by atoms with Gasteiger partial charge in [-0.2, -0.15) is 0 Å². The Labute approximate surface area is 98.7 Å². The fourth-order valence-corrected chi connectivity index (χ4v) is 1.75. The van der Waals surface area contributed by atoms with E-state index in [0.29, 0.717) is 17.1 Å². The Hall–Kier alpha value is -1.38. The van der Waals surface area contributed by atoms with E-state index in [1.165, 1.54) is 6.07 Å². The molecule has 2 aromatic carbocycles. The Morgan fingerprint density at radius 2 is 1.94 bits per heavy atom. The predicted molar refractivity (Wildman–Crippen MR) is 64.7 cm³/mol. The summed E-state index contributed by atoms with van der Waals surface area (Å²) in [6, 6.07) is 12.2. The Morgan fingerprint density at radius 3 is 2.62 bits per heavy atom. The maximum absolute atomic E-state index is 13.7. The molecular weight excluding hydrogens is 225 g/mol. The quantitative estimate of drug-likeness (QED) is 0.846. The minimum atomic E-state index is -0.318. The van der Waals surface area contributed by atoms with Crippen LogP contribution in [0.25, 0.3) is 11.1 Å². The van der Waals surface area contributed by atoms with E-state index in [1.54, 1.807) is 12.1 Å². The molecule has 0 saturated heterocycles. The summed E-state index contributed by atoms with van der Waals surface area (Å²) >= 11 is 5.70. The van der Waals surface area contributed by atoms with Gasteiger partial charge in [0, 0.05) is 17.1 Å². The second-order valence-electron chi connectivity index (χ2n) is 3.53. The Balaban J connectivity index is 2.49. The summed E-state index contributed by atoms with van der Waals surface area (Å²) in [7, 11) is 0. The van der Waals surface area contributed by atoms with Gasteiger partial charge in [-0.1, -0.05) is 29.8 Å². The zero-order valence-electron chi connectivity index (χ0n) is 8.58. The van der Waals surface area contributed by atoms with Crippen molar-refractivity contribution >= 4 is 11.6 Å². The molecule has 0 aliphatic heterocycles. The first kappa shape index (κ1) is 11.1. The molecular formula is C13H11ClFN. The van der Waals surface area contributed by atoms with Crippen molar-refractivity contribution < 1.29 is 4.39 Å². The Kier molecular flexibility index (Phi) is 3.22. The van der Waals surface area contributed by atoms with E-state index in [9.17, 15) is 4.39 Å². The lowest BCUT2D eigenvalue weighted by Crippen LogP contribution is -1.96. The zero-order valence-corrected chi connectivity index (χ0v) is 9.34. The second-order valence-corrected chi connectivity index (χ2v) is 3.97. The Morgan fingerprint density at radius 1 is 1.12 bits per heavy atom. The number of rotatable bonds is 2. The van der Waals surface area contributed by atoms with Crippen LogP contribution in [0.4, 0.5) is 4.39 Å². The van der Waals surface area contributed by atoms with Gasteiger partial charge in [-0.25, -0.2) is 4.39 Å². The highest BCUT2D eigenvalue weighted by Gasteiger charge is 2.05. The van der Waals surface area contributed by atoms with E-state index in [4.69, 9.17) is 17.3 Å². The van der Waals surface area contributed by atoms with Gasteiger partial charge in [-0.05, 0) is 35.4 Å². The third-order valence-electron chi connectivity index (χ3n) is 2.40. The van der Waals surface area contributed by atoms with Crippen LogP contribution in [-0.2, 0) is 6.54 Å². The van der Waals surface area contributed by atoms with Gasteiger partial charge >= 0.3 is 0 Å². The smallest absolute Gasteiger partial charge is 0.132 e. The molecule has 1 nitrogen and oxygen atoms in total. The maximum atomic E-state index is 13.7. The van der Waals surface area contributed by atoms with Gasteiger partial charge in [0.15, 0.2) is 0 Å². The van der Waals surface area contributed by atoms with E-state index in [1.807, 2.05) is 24.3 Å². The van der Waals surface area contributed by atoms with Crippen molar-refractivity contribution in [2.45, 2.75) is 6.54 Å². The number of benzene rings is 2. The van der Waals surface area contributed by atoms with Crippen molar-refractivity contribution in [3.63, 3.8) is 0 Å². The average molecular weight is 236 g/mol. The zero-order chi connectivity index (χ0) is 11.5. The monoisotopic (exact) mass is 235 g/mol. The summed E-state index contributed by atoms with van der Waals surface area (Å²) < 4.78 is 13.7. The normalized spacial score (nSPS) is 10.4. The third kappa shape index (κ3) is 2.23. The summed E-state index contributed by atoms with van der Waals surface area (Å²) in [6.45, 7) is 0.447. The maximum Gasteiger partial charge on any atom is 0.132 e. The van der Waals surface area contributed by atoms with Crippen molar-refractivity contribution in [3.8, 4) is 11.1 Å².